The molecule has 2 atom stereocenters. The molecular weight excluding hydrogens is 290 g/mol. The first-order valence-electron chi connectivity index (χ1n) is 6.71. The highest BCUT2D eigenvalue weighted by molar-refractivity contribution is 7.09. The van der Waals surface area contributed by atoms with Gasteiger partial charge in [0.25, 0.3) is 0 Å². The Kier molecular flexibility index (Phi) is 5.08. The Bertz CT molecular complexity index is 554. The van der Waals surface area contributed by atoms with Crippen LogP contribution < -0.4 is 4.90 Å². The molecule has 0 amide bonds. The second-order valence-electron chi connectivity index (χ2n) is 5.13. The van der Waals surface area contributed by atoms with Crippen LogP contribution in [0.3, 0.4) is 0 Å². The molecule has 108 valence electrons. The number of likely N-dealkylation sites (N-methyl/N-ethyl adjacent to an activating group) is 1. The third kappa shape index (κ3) is 3.54. The Balaban J connectivity index is 2.14. The molecule has 2 aromatic rings. The van der Waals surface area contributed by atoms with Crippen molar-refractivity contribution in [2.75, 3.05) is 11.9 Å². The van der Waals surface area contributed by atoms with Gasteiger partial charge in [-0.3, -0.25) is 0 Å². The van der Waals surface area contributed by atoms with Crippen molar-refractivity contribution in [3.63, 3.8) is 0 Å². The number of aliphatic hydroxyl groups is 1. The summed E-state index contributed by atoms with van der Waals surface area (Å²) in [6.45, 7) is 3.94. The van der Waals surface area contributed by atoms with Crippen molar-refractivity contribution in [3.8, 4) is 0 Å². The number of anilines is 1. The fraction of sp³-hybridized carbons (Fsp3) is 0.375. The van der Waals surface area contributed by atoms with Crippen LogP contribution in [0.2, 0.25) is 5.02 Å². The van der Waals surface area contributed by atoms with E-state index in [1.807, 2.05) is 18.2 Å². The van der Waals surface area contributed by atoms with Crippen molar-refractivity contribution >= 4 is 28.6 Å². The molecular formula is C16H20ClNOS. The van der Waals surface area contributed by atoms with Crippen molar-refractivity contribution in [2.24, 2.45) is 0 Å². The normalized spacial score (nSPS) is 14.1. The molecule has 2 nitrogen and oxygen atoms in total. The highest BCUT2D eigenvalue weighted by atomic mass is 35.5. The predicted molar refractivity (Wildman–Crippen MR) is 88.0 cm³/mol. The molecule has 0 spiro atoms. The van der Waals surface area contributed by atoms with Crippen LogP contribution in [0.25, 0.3) is 0 Å². The van der Waals surface area contributed by atoms with Crippen LogP contribution in [-0.2, 0) is 6.42 Å². The lowest BCUT2D eigenvalue weighted by Crippen LogP contribution is -2.30. The van der Waals surface area contributed by atoms with Crippen molar-refractivity contribution in [2.45, 2.75) is 32.4 Å². The predicted octanol–water partition coefficient (Wildman–Crippen LogP) is 4.52. The third-order valence-corrected chi connectivity index (χ3v) is 4.77. The van der Waals surface area contributed by atoms with E-state index in [0.717, 1.165) is 17.7 Å². The van der Waals surface area contributed by atoms with Gasteiger partial charge in [0.1, 0.15) is 0 Å². The quantitative estimate of drug-likeness (QED) is 0.877. The van der Waals surface area contributed by atoms with Crippen LogP contribution in [0.5, 0.6) is 0 Å². The zero-order valence-corrected chi connectivity index (χ0v) is 13.6. The van der Waals surface area contributed by atoms with Gasteiger partial charge in [-0.1, -0.05) is 23.7 Å². The topological polar surface area (TPSA) is 23.5 Å². The minimum Gasteiger partial charge on any atom is -0.389 e. The first-order valence-corrected chi connectivity index (χ1v) is 7.97. The highest BCUT2D eigenvalue weighted by Gasteiger charge is 2.15. The van der Waals surface area contributed by atoms with E-state index in [-0.39, 0.29) is 0 Å². The summed E-state index contributed by atoms with van der Waals surface area (Å²) in [6.07, 6.45) is 0.512. The molecule has 1 unspecified atom stereocenters. The summed E-state index contributed by atoms with van der Waals surface area (Å²) >= 11 is 8.13. The average Bonchev–Trinajstić information content (AvgIpc) is 2.90. The maximum absolute atomic E-state index is 9.59. The van der Waals surface area contributed by atoms with E-state index >= 15 is 0 Å². The fourth-order valence-electron chi connectivity index (χ4n) is 2.16. The molecule has 0 fully saturated rings. The maximum Gasteiger partial charge on any atom is 0.0762 e. The van der Waals surface area contributed by atoms with E-state index in [0.29, 0.717) is 11.1 Å². The minimum absolute atomic E-state index is 0.364. The van der Waals surface area contributed by atoms with E-state index in [1.54, 1.807) is 18.3 Å². The minimum atomic E-state index is -0.490. The molecule has 0 saturated heterocycles. The van der Waals surface area contributed by atoms with Gasteiger partial charge in [0.05, 0.1) is 16.8 Å². The summed E-state index contributed by atoms with van der Waals surface area (Å²) < 4.78 is 0. The summed E-state index contributed by atoms with van der Waals surface area (Å²) in [6, 6.07) is 10.4. The molecule has 4 heteroatoms. The van der Waals surface area contributed by atoms with Crippen LogP contribution in [0.4, 0.5) is 5.69 Å². The molecule has 1 aromatic heterocycles. The molecule has 0 aliphatic heterocycles. The molecule has 0 aliphatic carbocycles. The molecule has 1 aromatic carbocycles. The Morgan fingerprint density at radius 3 is 2.60 bits per heavy atom. The molecule has 0 saturated carbocycles. The zero-order valence-electron chi connectivity index (χ0n) is 12.0. The number of hydrogen-bond donors (Lipinski definition) is 1. The average molecular weight is 310 g/mol. The lowest BCUT2D eigenvalue weighted by Gasteiger charge is -2.28. The Morgan fingerprint density at radius 1 is 1.30 bits per heavy atom. The van der Waals surface area contributed by atoms with Crippen molar-refractivity contribution in [3.05, 3.63) is 51.2 Å². The second-order valence-corrected chi connectivity index (χ2v) is 6.57. The Labute approximate surface area is 129 Å². The molecule has 0 radical (unpaired) electrons. The summed E-state index contributed by atoms with van der Waals surface area (Å²) in [5, 5.41) is 12.4. The fourth-order valence-corrected chi connectivity index (χ4v) is 3.31. The van der Waals surface area contributed by atoms with Gasteiger partial charge in [-0.05, 0) is 43.0 Å². The number of rotatable bonds is 5. The van der Waals surface area contributed by atoms with Crippen molar-refractivity contribution in [1.29, 1.82) is 0 Å². The summed E-state index contributed by atoms with van der Waals surface area (Å²) in [7, 11) is 2.06. The summed E-state index contributed by atoms with van der Waals surface area (Å²) in [5.74, 6) is 0. The Morgan fingerprint density at radius 2 is 2.05 bits per heavy atom. The van der Waals surface area contributed by atoms with E-state index in [4.69, 9.17) is 11.6 Å². The van der Waals surface area contributed by atoms with Crippen molar-refractivity contribution in [1.82, 2.24) is 0 Å². The van der Waals surface area contributed by atoms with Crippen LogP contribution in [0.1, 0.15) is 30.4 Å². The van der Waals surface area contributed by atoms with Gasteiger partial charge in [0.15, 0.2) is 0 Å². The molecule has 2 rings (SSSR count). The zero-order chi connectivity index (χ0) is 14.7. The molecule has 1 heterocycles. The Hall–Kier alpha value is -1.03. The lowest BCUT2D eigenvalue weighted by atomic mass is 10.1. The van der Waals surface area contributed by atoms with Crippen LogP contribution >= 0.6 is 22.9 Å². The van der Waals surface area contributed by atoms with E-state index < -0.39 is 6.10 Å². The molecule has 20 heavy (non-hydrogen) atoms. The highest BCUT2D eigenvalue weighted by Crippen LogP contribution is 2.30. The lowest BCUT2D eigenvalue weighted by molar-refractivity contribution is 0.199. The van der Waals surface area contributed by atoms with Gasteiger partial charge in [-0.2, -0.15) is 0 Å². The first-order chi connectivity index (χ1) is 9.49. The summed E-state index contributed by atoms with van der Waals surface area (Å²) in [5.41, 5.74) is 1.85. The SMILES string of the molecule is CC(Cc1cccs1)N(C)c1ccc([C@H](C)O)cc1Cl. The number of aliphatic hydroxyl groups excluding tert-OH is 1. The van der Waals surface area contributed by atoms with Gasteiger partial charge >= 0.3 is 0 Å². The molecule has 0 aliphatic rings. The maximum atomic E-state index is 9.59. The number of halogens is 1. The van der Waals surface area contributed by atoms with Gasteiger partial charge < -0.3 is 10.0 Å². The smallest absolute Gasteiger partial charge is 0.0762 e. The number of nitrogens with zero attached hydrogens (tertiary/aromatic N) is 1. The van der Waals surface area contributed by atoms with E-state index in [2.05, 4.69) is 36.4 Å². The summed E-state index contributed by atoms with van der Waals surface area (Å²) in [4.78, 5) is 3.56. The van der Waals surface area contributed by atoms with Crippen LogP contribution in [0.15, 0.2) is 35.7 Å². The van der Waals surface area contributed by atoms with Gasteiger partial charge in [-0.15, -0.1) is 11.3 Å². The third-order valence-electron chi connectivity index (χ3n) is 3.57. The standard InChI is InChI=1S/C16H20ClNOS/c1-11(9-14-5-4-8-20-14)18(3)16-7-6-13(12(2)19)10-15(16)17/h4-8,10-12,19H,9H2,1-3H3/t11?,12-/m0/s1. The largest absolute Gasteiger partial charge is 0.389 e. The van der Waals surface area contributed by atoms with Crippen molar-refractivity contribution < 1.29 is 5.11 Å². The monoisotopic (exact) mass is 309 g/mol. The number of thiophene rings is 1. The van der Waals surface area contributed by atoms with Crippen LogP contribution in [-0.4, -0.2) is 18.2 Å². The molecule has 0 bridgehead atoms. The number of hydrogen-bond acceptors (Lipinski definition) is 3. The first kappa shape index (κ1) is 15.4. The van der Waals surface area contributed by atoms with E-state index in [9.17, 15) is 5.11 Å². The van der Waals surface area contributed by atoms with Gasteiger partial charge in [-0.25, -0.2) is 0 Å². The molecule has 1 N–H and O–H groups in total. The van der Waals surface area contributed by atoms with Crippen LogP contribution in [0, 0.1) is 0 Å². The second kappa shape index (κ2) is 6.61. The van der Waals surface area contributed by atoms with E-state index in [1.165, 1.54) is 4.88 Å². The van der Waals surface area contributed by atoms with Gasteiger partial charge in [0.2, 0.25) is 0 Å². The number of benzene rings is 1. The van der Waals surface area contributed by atoms with Gasteiger partial charge in [0, 0.05) is 24.4 Å².